The zero-order valence-corrected chi connectivity index (χ0v) is 21.3. The van der Waals surface area contributed by atoms with Gasteiger partial charge in [-0.3, -0.25) is 19.2 Å². The highest BCUT2D eigenvalue weighted by Crippen LogP contribution is 2.44. The molecule has 3 aromatic rings. The predicted octanol–water partition coefficient (Wildman–Crippen LogP) is 5.24. The zero-order chi connectivity index (χ0) is 27.2. The fourth-order valence-corrected chi connectivity index (χ4v) is 5.64. The first-order valence-electron chi connectivity index (χ1n) is 12.9. The quantitative estimate of drug-likeness (QED) is 0.365. The van der Waals surface area contributed by atoms with Crippen molar-refractivity contribution in [3.05, 3.63) is 63.1 Å². The number of hydrogen-bond acceptors (Lipinski definition) is 5. The monoisotopic (exact) mass is 538 g/mol. The Morgan fingerprint density at radius 2 is 1.89 bits per heavy atom. The minimum absolute atomic E-state index is 0.0285. The van der Waals surface area contributed by atoms with Gasteiger partial charge in [-0.15, -0.1) is 0 Å². The Bertz CT molecular complexity index is 1340. The van der Waals surface area contributed by atoms with Crippen molar-refractivity contribution in [1.29, 1.82) is 0 Å². The Balaban J connectivity index is 1.52. The Morgan fingerprint density at radius 3 is 2.55 bits per heavy atom. The molecule has 2 aromatic carbocycles. The molecule has 1 fully saturated rings. The van der Waals surface area contributed by atoms with Gasteiger partial charge in [0.2, 0.25) is 0 Å². The third-order valence-corrected chi connectivity index (χ3v) is 7.64. The number of benzene rings is 2. The van der Waals surface area contributed by atoms with Crippen LogP contribution >= 0.6 is 0 Å². The second-order valence-electron chi connectivity index (χ2n) is 10.4. The molecule has 0 unspecified atom stereocenters. The van der Waals surface area contributed by atoms with Crippen molar-refractivity contribution in [2.24, 2.45) is 0 Å². The molecule has 1 aromatic heterocycles. The Hall–Kier alpha value is -2.92. The van der Waals surface area contributed by atoms with Gasteiger partial charge in [0.15, 0.2) is 5.58 Å². The molecule has 0 spiro atoms. The van der Waals surface area contributed by atoms with E-state index in [0.717, 1.165) is 0 Å². The van der Waals surface area contributed by atoms with E-state index in [1.807, 2.05) is 4.90 Å². The summed E-state index contributed by atoms with van der Waals surface area (Å²) < 4.78 is 78.5. The lowest BCUT2D eigenvalue weighted by Crippen LogP contribution is -2.54. The predicted molar refractivity (Wildman–Crippen MR) is 135 cm³/mol. The first kappa shape index (κ1) is 26.7. The number of aromatic amines is 1. The molecule has 2 aliphatic heterocycles. The average molecular weight is 539 g/mol. The summed E-state index contributed by atoms with van der Waals surface area (Å²) >= 11 is 0. The van der Waals surface area contributed by atoms with Crippen molar-refractivity contribution >= 4 is 16.8 Å². The van der Waals surface area contributed by atoms with Crippen molar-refractivity contribution in [3.63, 3.8) is 0 Å². The molecule has 0 amide bonds. The number of nitrogens with zero attached hydrogens (tertiary/aromatic N) is 2. The van der Waals surface area contributed by atoms with Gasteiger partial charge in [0.05, 0.1) is 30.8 Å². The van der Waals surface area contributed by atoms with Crippen molar-refractivity contribution < 1.29 is 26.4 Å². The molecule has 0 radical (unpaired) electrons. The van der Waals surface area contributed by atoms with Crippen molar-refractivity contribution in [2.75, 3.05) is 38.2 Å². The highest BCUT2D eigenvalue weighted by atomic mass is 19.3. The van der Waals surface area contributed by atoms with E-state index in [9.17, 15) is 18.0 Å². The molecule has 2 atom stereocenters. The largest absolute Gasteiger partial charge is 0.417 e. The lowest BCUT2D eigenvalue weighted by atomic mass is 9.83. The van der Waals surface area contributed by atoms with Crippen molar-refractivity contribution in [3.8, 4) is 0 Å². The van der Waals surface area contributed by atoms with E-state index in [2.05, 4.69) is 10.3 Å². The molecule has 0 bridgehead atoms. The standard InChI is InChI=1S/C27H31F5N4O2/c1-3-27(31,32)14-36-15(2)9-19-18(5-6-22-25(19)38-26(37)34-22)24(36)23-20(29)10-16(11-21(23)30)33-17-12-35(13-17)8-4-7-28/h5-6,10-11,15,17,24,33H,3-4,7-9,12-14H2,1-2H3,(H,34,37)/t15-,24+/m1/s1. The molecule has 5 rings (SSSR count). The van der Waals surface area contributed by atoms with E-state index in [-0.39, 0.29) is 29.3 Å². The van der Waals surface area contributed by atoms with Gasteiger partial charge >= 0.3 is 5.76 Å². The molecular formula is C27H31F5N4O2. The Labute approximate surface area is 216 Å². The van der Waals surface area contributed by atoms with E-state index in [1.165, 1.54) is 24.0 Å². The first-order chi connectivity index (χ1) is 18.1. The van der Waals surface area contributed by atoms with Crippen LogP contribution in [0.15, 0.2) is 33.5 Å². The summed E-state index contributed by atoms with van der Waals surface area (Å²) in [4.78, 5) is 17.9. The number of oxazole rings is 1. The molecule has 6 nitrogen and oxygen atoms in total. The summed E-state index contributed by atoms with van der Waals surface area (Å²) in [6.45, 7) is 3.92. The van der Waals surface area contributed by atoms with Crippen molar-refractivity contribution in [1.82, 2.24) is 14.8 Å². The molecular weight excluding hydrogens is 507 g/mol. The van der Waals surface area contributed by atoms with Crippen LogP contribution in [0.3, 0.4) is 0 Å². The topological polar surface area (TPSA) is 64.5 Å². The number of nitrogens with one attached hydrogen (secondary N) is 2. The van der Waals surface area contributed by atoms with Gasteiger partial charge in [-0.1, -0.05) is 13.0 Å². The fraction of sp³-hybridized carbons (Fsp3) is 0.519. The summed E-state index contributed by atoms with van der Waals surface area (Å²) in [5, 5.41) is 3.11. The second-order valence-corrected chi connectivity index (χ2v) is 10.4. The van der Waals surface area contributed by atoms with E-state index in [0.29, 0.717) is 42.7 Å². The van der Waals surface area contributed by atoms with Gasteiger partial charge in [-0.2, -0.15) is 0 Å². The SMILES string of the molecule is CCC(F)(F)CN1[C@H](c2c(F)cc(NC3CN(CCCF)C3)cc2F)c2ccc3[nH]c(=O)oc3c2C[C@H]1C. The number of halogens is 5. The Morgan fingerprint density at radius 1 is 1.18 bits per heavy atom. The van der Waals surface area contributed by atoms with Crippen LogP contribution in [-0.4, -0.2) is 65.6 Å². The number of alkyl halides is 3. The minimum Gasteiger partial charge on any atom is -0.408 e. The Kier molecular flexibility index (Phi) is 7.25. The molecule has 11 heteroatoms. The first-order valence-corrected chi connectivity index (χ1v) is 12.9. The van der Waals surface area contributed by atoms with Gasteiger partial charge < -0.3 is 9.73 Å². The number of likely N-dealkylation sites (tertiary alicyclic amines) is 1. The number of aromatic nitrogens is 1. The van der Waals surface area contributed by atoms with Crippen LogP contribution in [0.25, 0.3) is 11.1 Å². The minimum atomic E-state index is -3.07. The molecule has 1 saturated heterocycles. The number of hydrogen-bond donors (Lipinski definition) is 2. The van der Waals surface area contributed by atoms with Crippen LogP contribution in [0.5, 0.6) is 0 Å². The van der Waals surface area contributed by atoms with Crippen molar-refractivity contribution in [2.45, 2.75) is 57.2 Å². The van der Waals surface area contributed by atoms with Crippen LogP contribution < -0.4 is 11.1 Å². The van der Waals surface area contributed by atoms with Gasteiger partial charge in [0.25, 0.3) is 5.92 Å². The van der Waals surface area contributed by atoms with Gasteiger partial charge in [0.1, 0.15) is 11.6 Å². The number of H-pyrrole nitrogens is 1. The second kappa shape index (κ2) is 10.3. The van der Waals surface area contributed by atoms with Crippen LogP contribution in [0, 0.1) is 11.6 Å². The lowest BCUT2D eigenvalue weighted by Gasteiger charge is -2.43. The van der Waals surface area contributed by atoms with E-state index in [1.54, 1.807) is 19.1 Å². The number of anilines is 1. The zero-order valence-electron chi connectivity index (χ0n) is 21.3. The van der Waals surface area contributed by atoms with Crippen LogP contribution in [0.4, 0.5) is 27.6 Å². The highest BCUT2D eigenvalue weighted by Gasteiger charge is 2.42. The molecule has 0 saturated carbocycles. The third-order valence-electron chi connectivity index (χ3n) is 7.64. The van der Waals surface area contributed by atoms with E-state index in [4.69, 9.17) is 4.42 Å². The summed E-state index contributed by atoms with van der Waals surface area (Å²) in [6.07, 6.45) is 0.296. The van der Waals surface area contributed by atoms with Gasteiger partial charge in [-0.25, -0.2) is 22.4 Å². The maximum atomic E-state index is 15.7. The van der Waals surface area contributed by atoms with Crippen LogP contribution in [-0.2, 0) is 6.42 Å². The lowest BCUT2D eigenvalue weighted by molar-refractivity contribution is -0.0547. The highest BCUT2D eigenvalue weighted by molar-refractivity contribution is 5.78. The number of rotatable bonds is 9. The summed E-state index contributed by atoms with van der Waals surface area (Å²) in [5.74, 6) is -5.44. The molecule has 2 N–H and O–H groups in total. The summed E-state index contributed by atoms with van der Waals surface area (Å²) in [5.41, 5.74) is 1.62. The molecule has 206 valence electrons. The smallest absolute Gasteiger partial charge is 0.408 e. The third kappa shape index (κ3) is 5.05. The summed E-state index contributed by atoms with van der Waals surface area (Å²) in [6, 6.07) is 3.86. The molecule has 0 aliphatic carbocycles. The molecule has 38 heavy (non-hydrogen) atoms. The maximum absolute atomic E-state index is 15.7. The van der Waals surface area contributed by atoms with Gasteiger partial charge in [-0.05, 0) is 43.5 Å². The van der Waals surface area contributed by atoms with Crippen LogP contribution in [0.1, 0.15) is 49.4 Å². The summed E-state index contributed by atoms with van der Waals surface area (Å²) in [7, 11) is 0. The average Bonchev–Trinajstić information content (AvgIpc) is 3.22. The van der Waals surface area contributed by atoms with E-state index >= 15 is 8.78 Å². The molecule has 3 heterocycles. The van der Waals surface area contributed by atoms with Gasteiger partial charge in [0, 0.05) is 48.9 Å². The van der Waals surface area contributed by atoms with E-state index < -0.39 is 55.0 Å². The van der Waals surface area contributed by atoms with Crippen LogP contribution in [0.2, 0.25) is 0 Å². The maximum Gasteiger partial charge on any atom is 0.417 e. The normalized spacial score (nSPS) is 21.0. The number of fused-ring (bicyclic) bond motifs is 3. The molecule has 2 aliphatic rings. The fourth-order valence-electron chi connectivity index (χ4n) is 5.64.